The molecule has 6 nitrogen and oxygen atoms in total. The summed E-state index contributed by atoms with van der Waals surface area (Å²) in [7, 11) is -1.32. The molecule has 1 heterocycles. The van der Waals surface area contributed by atoms with Crippen LogP contribution in [0.15, 0.2) is 65.7 Å². The molecular formula is C23H33IN4O2S. The molecule has 1 aliphatic heterocycles. The minimum Gasteiger partial charge on any atom is -0.356 e. The molecule has 1 aliphatic rings. The van der Waals surface area contributed by atoms with Gasteiger partial charge in [-0.1, -0.05) is 60.7 Å². The molecule has 0 bridgehead atoms. The number of nitrogens with zero attached hydrogens (tertiary/aromatic N) is 3. The van der Waals surface area contributed by atoms with Crippen LogP contribution in [-0.2, 0) is 22.1 Å². The van der Waals surface area contributed by atoms with Crippen molar-refractivity contribution in [2.75, 3.05) is 45.5 Å². The number of guanidine groups is 1. The molecule has 3 rings (SSSR count). The summed E-state index contributed by atoms with van der Waals surface area (Å²) in [4.78, 5) is 9.09. The van der Waals surface area contributed by atoms with Gasteiger partial charge in [0.2, 0.25) is 0 Å². The minimum atomic E-state index is -3.10. The maximum atomic E-state index is 12.3. The monoisotopic (exact) mass is 556 g/mol. The standard InChI is InChI=1S/C23H32N4O2S.HI/c1-24-23(25-13-8-18-30(28,29)20-22-11-6-3-7-12-22)27-16-14-26(15-17-27)19-21-9-4-2-5-10-21;/h2-7,9-12H,8,13-20H2,1H3,(H,24,25);1H. The Morgan fingerprint density at radius 1 is 0.935 bits per heavy atom. The van der Waals surface area contributed by atoms with Crippen LogP contribution in [0.3, 0.4) is 0 Å². The van der Waals surface area contributed by atoms with E-state index in [1.54, 1.807) is 7.05 Å². The van der Waals surface area contributed by atoms with Gasteiger partial charge in [0.25, 0.3) is 0 Å². The first-order chi connectivity index (χ1) is 14.6. The van der Waals surface area contributed by atoms with Gasteiger partial charge in [-0.05, 0) is 17.5 Å². The number of hydrogen-bond donors (Lipinski definition) is 1. The number of sulfone groups is 1. The van der Waals surface area contributed by atoms with Gasteiger partial charge < -0.3 is 10.2 Å². The van der Waals surface area contributed by atoms with Crippen molar-refractivity contribution in [2.24, 2.45) is 4.99 Å². The fourth-order valence-corrected chi connectivity index (χ4v) is 5.11. The predicted molar refractivity (Wildman–Crippen MR) is 139 cm³/mol. The molecule has 2 aromatic rings. The van der Waals surface area contributed by atoms with Gasteiger partial charge in [0.15, 0.2) is 15.8 Å². The third kappa shape index (κ3) is 8.78. The van der Waals surface area contributed by atoms with Crippen molar-refractivity contribution in [2.45, 2.75) is 18.7 Å². The first-order valence-electron chi connectivity index (χ1n) is 10.5. The van der Waals surface area contributed by atoms with Crippen molar-refractivity contribution in [1.82, 2.24) is 15.1 Å². The molecule has 0 spiro atoms. The van der Waals surface area contributed by atoms with Crippen LogP contribution >= 0.6 is 24.0 Å². The third-order valence-corrected chi connectivity index (χ3v) is 6.96. The maximum Gasteiger partial charge on any atom is 0.193 e. The first kappa shape index (κ1) is 25.6. The molecule has 8 heteroatoms. The normalized spacial score (nSPS) is 15.4. The van der Waals surface area contributed by atoms with E-state index in [4.69, 9.17) is 0 Å². The van der Waals surface area contributed by atoms with Gasteiger partial charge in [0.1, 0.15) is 0 Å². The fourth-order valence-electron chi connectivity index (χ4n) is 3.68. The lowest BCUT2D eigenvalue weighted by Gasteiger charge is -2.36. The van der Waals surface area contributed by atoms with Gasteiger partial charge >= 0.3 is 0 Å². The molecule has 1 saturated heterocycles. The van der Waals surface area contributed by atoms with E-state index < -0.39 is 9.84 Å². The third-order valence-electron chi connectivity index (χ3n) is 5.28. The van der Waals surface area contributed by atoms with E-state index in [1.807, 2.05) is 36.4 Å². The molecule has 2 aromatic carbocycles. The minimum absolute atomic E-state index is 0. The molecule has 0 unspecified atom stereocenters. The number of rotatable bonds is 8. The maximum absolute atomic E-state index is 12.3. The zero-order chi connectivity index (χ0) is 21.2. The topological polar surface area (TPSA) is 65.0 Å². The van der Waals surface area contributed by atoms with E-state index in [0.29, 0.717) is 13.0 Å². The van der Waals surface area contributed by atoms with E-state index in [1.165, 1.54) is 5.56 Å². The number of nitrogens with one attached hydrogen (secondary N) is 1. The molecule has 0 atom stereocenters. The second-order valence-corrected chi connectivity index (χ2v) is 9.84. The highest BCUT2D eigenvalue weighted by molar-refractivity contribution is 14.0. The molecule has 170 valence electrons. The number of hydrogen-bond acceptors (Lipinski definition) is 4. The van der Waals surface area contributed by atoms with Gasteiger partial charge in [0.05, 0.1) is 11.5 Å². The Labute approximate surface area is 203 Å². The average molecular weight is 557 g/mol. The van der Waals surface area contributed by atoms with Crippen LogP contribution in [-0.4, -0.2) is 69.7 Å². The quantitative estimate of drug-likeness (QED) is 0.235. The Balaban J connectivity index is 0.00000341. The Bertz CT molecular complexity index is 900. The molecule has 0 amide bonds. The van der Waals surface area contributed by atoms with Crippen LogP contribution in [0.1, 0.15) is 17.5 Å². The molecule has 1 N–H and O–H groups in total. The summed E-state index contributed by atoms with van der Waals surface area (Å²) < 4.78 is 24.7. The number of piperazine rings is 1. The molecule has 0 radical (unpaired) electrons. The summed E-state index contributed by atoms with van der Waals surface area (Å²) in [6, 6.07) is 19.9. The molecule has 0 aliphatic carbocycles. The van der Waals surface area contributed by atoms with Crippen molar-refractivity contribution < 1.29 is 8.42 Å². The average Bonchev–Trinajstić information content (AvgIpc) is 2.76. The van der Waals surface area contributed by atoms with Crippen LogP contribution in [0.4, 0.5) is 0 Å². The SMILES string of the molecule is CN=C(NCCCS(=O)(=O)Cc1ccccc1)N1CCN(Cc2ccccc2)CC1.I. The molecule has 0 saturated carbocycles. The number of benzene rings is 2. The highest BCUT2D eigenvalue weighted by Crippen LogP contribution is 2.09. The van der Waals surface area contributed by atoms with Crippen LogP contribution < -0.4 is 5.32 Å². The van der Waals surface area contributed by atoms with Crippen molar-refractivity contribution in [3.63, 3.8) is 0 Å². The first-order valence-corrected chi connectivity index (χ1v) is 12.3. The zero-order valence-electron chi connectivity index (χ0n) is 18.1. The highest BCUT2D eigenvalue weighted by Gasteiger charge is 2.19. The Morgan fingerprint density at radius 2 is 1.52 bits per heavy atom. The molecule has 1 fully saturated rings. The van der Waals surface area contributed by atoms with Gasteiger partial charge in [-0.2, -0.15) is 0 Å². The lowest BCUT2D eigenvalue weighted by atomic mass is 10.2. The molecule has 0 aromatic heterocycles. The largest absolute Gasteiger partial charge is 0.356 e. The predicted octanol–water partition coefficient (Wildman–Crippen LogP) is 3.00. The number of halogens is 1. The van der Waals surface area contributed by atoms with Crippen molar-refractivity contribution in [3.8, 4) is 0 Å². The Kier molecular flexibility index (Phi) is 10.8. The van der Waals surface area contributed by atoms with E-state index in [9.17, 15) is 8.42 Å². The van der Waals surface area contributed by atoms with Crippen LogP contribution in [0.5, 0.6) is 0 Å². The second-order valence-electron chi connectivity index (χ2n) is 7.65. The van der Waals surface area contributed by atoms with Gasteiger partial charge in [-0.25, -0.2) is 8.42 Å². The van der Waals surface area contributed by atoms with Gasteiger partial charge in [-0.3, -0.25) is 9.89 Å². The Morgan fingerprint density at radius 3 is 2.10 bits per heavy atom. The highest BCUT2D eigenvalue weighted by atomic mass is 127. The van der Waals surface area contributed by atoms with Crippen LogP contribution in [0.25, 0.3) is 0 Å². The van der Waals surface area contributed by atoms with E-state index in [-0.39, 0.29) is 35.5 Å². The molecule has 31 heavy (non-hydrogen) atoms. The van der Waals surface area contributed by atoms with E-state index in [0.717, 1.165) is 44.2 Å². The van der Waals surface area contributed by atoms with Crippen LogP contribution in [0.2, 0.25) is 0 Å². The summed E-state index contributed by atoms with van der Waals surface area (Å²) >= 11 is 0. The smallest absolute Gasteiger partial charge is 0.193 e. The lowest BCUT2D eigenvalue weighted by Crippen LogP contribution is -2.52. The van der Waals surface area contributed by atoms with Crippen LogP contribution in [0, 0.1) is 0 Å². The fraction of sp³-hybridized carbons (Fsp3) is 0.435. The summed E-state index contributed by atoms with van der Waals surface area (Å²) in [6.07, 6.45) is 0.572. The van der Waals surface area contributed by atoms with Gasteiger partial charge in [0, 0.05) is 46.3 Å². The second kappa shape index (κ2) is 13.0. The van der Waals surface area contributed by atoms with Gasteiger partial charge in [-0.15, -0.1) is 24.0 Å². The Hall–Kier alpha value is -1.65. The number of aliphatic imine (C=N–C) groups is 1. The van der Waals surface area contributed by atoms with E-state index in [2.05, 4.69) is 44.4 Å². The van der Waals surface area contributed by atoms with Crippen molar-refractivity contribution in [3.05, 3.63) is 71.8 Å². The van der Waals surface area contributed by atoms with Crippen molar-refractivity contribution in [1.29, 1.82) is 0 Å². The summed E-state index contributed by atoms with van der Waals surface area (Å²) in [6.45, 7) is 5.38. The van der Waals surface area contributed by atoms with E-state index >= 15 is 0 Å². The summed E-state index contributed by atoms with van der Waals surface area (Å²) in [5.41, 5.74) is 2.18. The summed E-state index contributed by atoms with van der Waals surface area (Å²) in [5.74, 6) is 1.14. The lowest BCUT2D eigenvalue weighted by molar-refractivity contribution is 0.172. The molecular weight excluding hydrogens is 523 g/mol. The van der Waals surface area contributed by atoms with Crippen molar-refractivity contribution >= 4 is 39.8 Å². The summed E-state index contributed by atoms with van der Waals surface area (Å²) in [5, 5.41) is 3.33. The zero-order valence-corrected chi connectivity index (χ0v) is 21.3.